The third-order valence-electron chi connectivity index (χ3n) is 2.47. The molecule has 2 aromatic rings. The standard InChI is InChI=1S/C13H11NO3/c15-12-10(9-5-2-1-3-6-9)7-4-8-11(12)13(16)14-17/h1-8,15,17H,(H,14,16). The van der Waals surface area contributed by atoms with Gasteiger partial charge in [-0.1, -0.05) is 42.5 Å². The Labute approximate surface area is 98.1 Å². The number of hydroxylamine groups is 1. The maximum absolute atomic E-state index is 11.3. The molecule has 0 heterocycles. The number of aromatic hydroxyl groups is 1. The summed E-state index contributed by atoms with van der Waals surface area (Å²) in [5.74, 6) is -0.884. The minimum absolute atomic E-state index is 0.0360. The van der Waals surface area contributed by atoms with Gasteiger partial charge >= 0.3 is 0 Å². The number of rotatable bonds is 2. The summed E-state index contributed by atoms with van der Waals surface area (Å²) in [4.78, 5) is 11.3. The van der Waals surface area contributed by atoms with E-state index in [1.54, 1.807) is 12.1 Å². The van der Waals surface area contributed by atoms with Gasteiger partial charge in [0.2, 0.25) is 0 Å². The second-order valence-corrected chi connectivity index (χ2v) is 3.51. The Balaban J connectivity index is 2.54. The van der Waals surface area contributed by atoms with Gasteiger partial charge in [-0.05, 0) is 11.6 Å². The summed E-state index contributed by atoms with van der Waals surface area (Å²) < 4.78 is 0. The summed E-state index contributed by atoms with van der Waals surface area (Å²) in [6, 6.07) is 14.0. The zero-order valence-electron chi connectivity index (χ0n) is 8.92. The van der Waals surface area contributed by atoms with Crippen LogP contribution >= 0.6 is 0 Å². The minimum Gasteiger partial charge on any atom is -0.506 e. The maximum Gasteiger partial charge on any atom is 0.278 e. The molecule has 0 fully saturated rings. The zero-order chi connectivity index (χ0) is 12.3. The van der Waals surface area contributed by atoms with Crippen LogP contribution in [0.15, 0.2) is 48.5 Å². The zero-order valence-corrected chi connectivity index (χ0v) is 8.92. The van der Waals surface area contributed by atoms with E-state index in [4.69, 9.17) is 5.21 Å². The van der Waals surface area contributed by atoms with Crippen molar-refractivity contribution in [2.75, 3.05) is 0 Å². The third kappa shape index (κ3) is 2.11. The monoisotopic (exact) mass is 229 g/mol. The second-order valence-electron chi connectivity index (χ2n) is 3.51. The first-order valence-corrected chi connectivity index (χ1v) is 5.06. The molecular weight excluding hydrogens is 218 g/mol. The van der Waals surface area contributed by atoms with E-state index in [1.165, 1.54) is 11.5 Å². The molecule has 2 aromatic carbocycles. The highest BCUT2D eigenvalue weighted by molar-refractivity contribution is 5.98. The number of nitrogens with one attached hydrogen (secondary N) is 1. The van der Waals surface area contributed by atoms with Gasteiger partial charge in [-0.2, -0.15) is 0 Å². The van der Waals surface area contributed by atoms with Crippen LogP contribution in [0.3, 0.4) is 0 Å². The Morgan fingerprint density at radius 3 is 2.35 bits per heavy atom. The first kappa shape index (κ1) is 11.2. The molecule has 0 bridgehead atoms. The molecule has 0 saturated heterocycles. The lowest BCUT2D eigenvalue weighted by Gasteiger charge is -2.08. The lowest BCUT2D eigenvalue weighted by molar-refractivity contribution is 0.0703. The quantitative estimate of drug-likeness (QED) is 0.546. The normalized spacial score (nSPS) is 9.94. The van der Waals surface area contributed by atoms with Gasteiger partial charge in [0.1, 0.15) is 5.75 Å². The van der Waals surface area contributed by atoms with E-state index in [9.17, 15) is 9.90 Å². The fourth-order valence-corrected chi connectivity index (χ4v) is 1.64. The van der Waals surface area contributed by atoms with Gasteiger partial charge in [0.05, 0.1) is 5.56 Å². The van der Waals surface area contributed by atoms with Crippen LogP contribution in [-0.4, -0.2) is 16.2 Å². The van der Waals surface area contributed by atoms with Gasteiger partial charge in [-0.25, -0.2) is 5.48 Å². The number of phenols is 1. The fraction of sp³-hybridized carbons (Fsp3) is 0. The SMILES string of the molecule is O=C(NO)c1cccc(-c2ccccc2)c1O. The molecule has 86 valence electrons. The van der Waals surface area contributed by atoms with Crippen LogP contribution < -0.4 is 5.48 Å². The van der Waals surface area contributed by atoms with Crippen molar-refractivity contribution in [2.45, 2.75) is 0 Å². The molecule has 0 spiro atoms. The molecule has 4 heteroatoms. The van der Waals surface area contributed by atoms with Crippen LogP contribution in [0, 0.1) is 0 Å². The fourth-order valence-electron chi connectivity index (χ4n) is 1.64. The van der Waals surface area contributed by atoms with Gasteiger partial charge in [-0.15, -0.1) is 0 Å². The highest BCUT2D eigenvalue weighted by Gasteiger charge is 2.14. The molecular formula is C13H11NO3. The van der Waals surface area contributed by atoms with Crippen molar-refractivity contribution in [3.63, 3.8) is 0 Å². The molecule has 0 aliphatic rings. The van der Waals surface area contributed by atoms with E-state index >= 15 is 0 Å². The van der Waals surface area contributed by atoms with Crippen molar-refractivity contribution in [1.29, 1.82) is 0 Å². The molecule has 0 saturated carbocycles. The Morgan fingerprint density at radius 2 is 1.71 bits per heavy atom. The van der Waals surface area contributed by atoms with E-state index < -0.39 is 5.91 Å². The predicted molar refractivity (Wildman–Crippen MR) is 62.8 cm³/mol. The number of phenolic OH excluding ortho intramolecular Hbond substituents is 1. The van der Waals surface area contributed by atoms with Crippen molar-refractivity contribution < 1.29 is 15.1 Å². The summed E-state index contributed by atoms with van der Waals surface area (Å²) in [6.07, 6.45) is 0. The molecule has 0 unspecified atom stereocenters. The van der Waals surface area contributed by atoms with E-state index in [-0.39, 0.29) is 11.3 Å². The van der Waals surface area contributed by atoms with Crippen molar-refractivity contribution in [2.24, 2.45) is 0 Å². The maximum atomic E-state index is 11.3. The van der Waals surface area contributed by atoms with Gasteiger partial charge in [0.15, 0.2) is 0 Å². The van der Waals surface area contributed by atoms with Crippen LogP contribution in [0.5, 0.6) is 5.75 Å². The molecule has 1 amide bonds. The number of carbonyl (C=O) groups excluding carboxylic acids is 1. The molecule has 2 rings (SSSR count). The molecule has 17 heavy (non-hydrogen) atoms. The third-order valence-corrected chi connectivity index (χ3v) is 2.47. The van der Waals surface area contributed by atoms with E-state index in [0.717, 1.165) is 5.56 Å². The second kappa shape index (κ2) is 4.67. The van der Waals surface area contributed by atoms with Crippen molar-refractivity contribution >= 4 is 5.91 Å². The van der Waals surface area contributed by atoms with Crippen molar-refractivity contribution in [1.82, 2.24) is 5.48 Å². The van der Waals surface area contributed by atoms with E-state index in [2.05, 4.69) is 0 Å². The average Bonchev–Trinajstić information content (AvgIpc) is 2.39. The molecule has 0 aliphatic heterocycles. The average molecular weight is 229 g/mol. The van der Waals surface area contributed by atoms with Gasteiger partial charge < -0.3 is 5.11 Å². The summed E-state index contributed by atoms with van der Waals surface area (Å²) in [7, 11) is 0. The van der Waals surface area contributed by atoms with Crippen molar-refractivity contribution in [3.05, 3.63) is 54.1 Å². The molecule has 0 aromatic heterocycles. The summed E-state index contributed by atoms with van der Waals surface area (Å²) in [6.45, 7) is 0. The summed E-state index contributed by atoms with van der Waals surface area (Å²) in [5, 5.41) is 18.5. The summed E-state index contributed by atoms with van der Waals surface area (Å²) >= 11 is 0. The number of para-hydroxylation sites is 1. The van der Waals surface area contributed by atoms with Gasteiger partial charge in [0.25, 0.3) is 5.91 Å². The minimum atomic E-state index is -0.736. The Kier molecular flexibility index (Phi) is 3.07. The highest BCUT2D eigenvalue weighted by Crippen LogP contribution is 2.31. The number of hydrogen-bond acceptors (Lipinski definition) is 3. The molecule has 3 N–H and O–H groups in total. The number of carbonyl (C=O) groups is 1. The van der Waals surface area contributed by atoms with Crippen LogP contribution in [0.1, 0.15) is 10.4 Å². The van der Waals surface area contributed by atoms with E-state index in [1.807, 2.05) is 30.3 Å². The smallest absolute Gasteiger partial charge is 0.278 e. The topological polar surface area (TPSA) is 69.6 Å². The molecule has 4 nitrogen and oxygen atoms in total. The number of hydrogen-bond donors (Lipinski definition) is 3. The van der Waals surface area contributed by atoms with Gasteiger partial charge in [0, 0.05) is 5.56 Å². The molecule has 0 atom stereocenters. The Bertz CT molecular complexity index is 538. The summed E-state index contributed by atoms with van der Waals surface area (Å²) in [5.41, 5.74) is 2.89. The largest absolute Gasteiger partial charge is 0.506 e. The van der Waals surface area contributed by atoms with Crippen LogP contribution in [0.2, 0.25) is 0 Å². The van der Waals surface area contributed by atoms with Crippen LogP contribution in [0.25, 0.3) is 11.1 Å². The van der Waals surface area contributed by atoms with Crippen LogP contribution in [0.4, 0.5) is 0 Å². The number of benzene rings is 2. The van der Waals surface area contributed by atoms with Crippen LogP contribution in [-0.2, 0) is 0 Å². The van der Waals surface area contributed by atoms with Gasteiger partial charge in [-0.3, -0.25) is 10.0 Å². The number of amides is 1. The molecule has 0 aliphatic carbocycles. The first-order chi connectivity index (χ1) is 8.24. The van der Waals surface area contributed by atoms with E-state index in [0.29, 0.717) is 5.56 Å². The predicted octanol–water partition coefficient (Wildman–Crippen LogP) is 2.18. The lowest BCUT2D eigenvalue weighted by Crippen LogP contribution is -2.18. The highest BCUT2D eigenvalue weighted by atomic mass is 16.5. The Morgan fingerprint density at radius 1 is 1.00 bits per heavy atom. The molecule has 0 radical (unpaired) electrons. The first-order valence-electron chi connectivity index (χ1n) is 5.06. The lowest BCUT2D eigenvalue weighted by atomic mass is 10.0. The Hall–Kier alpha value is -2.33. The van der Waals surface area contributed by atoms with Crippen molar-refractivity contribution in [3.8, 4) is 16.9 Å².